The van der Waals surface area contributed by atoms with E-state index in [0.29, 0.717) is 12.3 Å². The Morgan fingerprint density at radius 2 is 1.53 bits per heavy atom. The number of carbonyl (C=O) groups excluding carboxylic acids is 1. The largest absolute Gasteiger partial charge is 0.362 e. The second-order valence-electron chi connectivity index (χ2n) is 10.2. The van der Waals surface area contributed by atoms with Crippen molar-refractivity contribution in [3.63, 3.8) is 0 Å². The standard InChI is InChI=1S/C29H32N4O/c1-7-18-16(5)23-11-22-15(4)14(3)21(31-22)10-20-13(2)8-25(30-20)19-9-27(34)28-17(6)24(33-29(19)28)12-26(18)32-23/h10-13,30-33H,7-9H2,1-6H3/b20-10-,23-11-,25-19-,26-12-/t13-/m0/s1. The van der Waals surface area contributed by atoms with Gasteiger partial charge in [0.25, 0.3) is 0 Å². The van der Waals surface area contributed by atoms with Gasteiger partial charge in [-0.1, -0.05) is 13.8 Å². The molecule has 1 saturated heterocycles. The molecule has 0 saturated carbocycles. The van der Waals surface area contributed by atoms with E-state index >= 15 is 0 Å². The lowest BCUT2D eigenvalue weighted by atomic mass is 10.0. The molecule has 0 amide bonds. The second kappa shape index (κ2) is 7.26. The molecular formula is C29H32N4O. The molecule has 34 heavy (non-hydrogen) atoms. The molecular weight excluding hydrogens is 420 g/mol. The van der Waals surface area contributed by atoms with Crippen molar-refractivity contribution in [1.82, 2.24) is 20.3 Å². The maximum Gasteiger partial charge on any atom is 0.169 e. The van der Waals surface area contributed by atoms with Crippen molar-refractivity contribution < 1.29 is 4.79 Å². The van der Waals surface area contributed by atoms with Crippen molar-refractivity contribution in [3.05, 3.63) is 78.2 Å². The zero-order valence-electron chi connectivity index (χ0n) is 20.8. The van der Waals surface area contributed by atoms with Crippen LogP contribution in [0.5, 0.6) is 0 Å². The van der Waals surface area contributed by atoms with Crippen LogP contribution in [0.1, 0.15) is 87.6 Å². The van der Waals surface area contributed by atoms with Crippen molar-refractivity contribution in [2.24, 2.45) is 5.92 Å². The summed E-state index contributed by atoms with van der Waals surface area (Å²) in [6.07, 6.45) is 9.01. The third-order valence-electron chi connectivity index (χ3n) is 8.23. The zero-order valence-corrected chi connectivity index (χ0v) is 20.8. The Labute approximate surface area is 199 Å². The molecule has 1 atom stereocenters. The van der Waals surface area contributed by atoms with E-state index in [1.54, 1.807) is 0 Å². The second-order valence-corrected chi connectivity index (χ2v) is 10.2. The number of hydrogen-bond donors (Lipinski definition) is 4. The van der Waals surface area contributed by atoms with E-state index in [1.165, 1.54) is 33.6 Å². The molecule has 5 heterocycles. The van der Waals surface area contributed by atoms with Crippen LogP contribution in [0.15, 0.2) is 11.4 Å². The average molecular weight is 453 g/mol. The first-order chi connectivity index (χ1) is 16.3. The first-order valence-electron chi connectivity index (χ1n) is 12.3. The van der Waals surface area contributed by atoms with E-state index in [2.05, 4.69) is 80.0 Å². The third kappa shape index (κ3) is 2.89. The highest BCUT2D eigenvalue weighted by molar-refractivity contribution is 6.13. The Bertz CT molecular complexity index is 1580. The fraction of sp³-hybridized carbons (Fsp3) is 0.345. The van der Waals surface area contributed by atoms with Crippen LogP contribution >= 0.6 is 0 Å². The van der Waals surface area contributed by atoms with Gasteiger partial charge >= 0.3 is 0 Å². The monoisotopic (exact) mass is 452 g/mol. The first-order valence-corrected chi connectivity index (χ1v) is 12.3. The van der Waals surface area contributed by atoms with Gasteiger partial charge in [-0.3, -0.25) is 4.79 Å². The summed E-state index contributed by atoms with van der Waals surface area (Å²) in [6.45, 7) is 13.1. The molecule has 0 radical (unpaired) electrons. The molecule has 5 heteroatoms. The minimum absolute atomic E-state index is 0.215. The lowest BCUT2D eigenvalue weighted by Gasteiger charge is -2.06. The summed E-state index contributed by atoms with van der Waals surface area (Å²) in [4.78, 5) is 24.1. The minimum atomic E-state index is 0.215. The molecule has 2 aliphatic heterocycles. The fourth-order valence-corrected chi connectivity index (χ4v) is 5.94. The van der Waals surface area contributed by atoms with Gasteiger partial charge in [-0.05, 0) is 86.6 Å². The average Bonchev–Trinajstić information content (AvgIpc) is 3.55. The van der Waals surface area contributed by atoms with Gasteiger partial charge in [0.1, 0.15) is 0 Å². The van der Waals surface area contributed by atoms with Crippen LogP contribution in [-0.4, -0.2) is 20.7 Å². The predicted octanol–water partition coefficient (Wildman–Crippen LogP) is 4.41. The fourth-order valence-electron chi connectivity index (χ4n) is 5.94. The van der Waals surface area contributed by atoms with E-state index in [9.17, 15) is 4.79 Å². The summed E-state index contributed by atoms with van der Waals surface area (Å²) in [7, 11) is 0. The molecule has 3 aromatic heterocycles. The molecule has 0 aromatic carbocycles. The Balaban J connectivity index is 1.71. The van der Waals surface area contributed by atoms with Crippen LogP contribution in [0.3, 0.4) is 0 Å². The molecule has 5 nitrogen and oxygen atoms in total. The SMILES string of the molecule is CCc1c(C)/c2[nH]/c1=C\c1[nH]c3c(c1C)C(=O)C/C3=C1\C[C@H](C)/C(=C/c3[nH]c(c(C)c3C)\C=2)N1. The topological polar surface area (TPSA) is 76.5 Å². The van der Waals surface area contributed by atoms with Crippen molar-refractivity contribution in [2.75, 3.05) is 0 Å². The first kappa shape index (κ1) is 21.1. The van der Waals surface area contributed by atoms with Gasteiger partial charge in [0, 0.05) is 62.6 Å². The number of ketones is 1. The van der Waals surface area contributed by atoms with Crippen LogP contribution in [0.4, 0.5) is 0 Å². The number of rotatable bonds is 1. The predicted molar refractivity (Wildman–Crippen MR) is 138 cm³/mol. The number of Topliss-reactive ketones (excluding diaryl/α,β-unsaturated/α-hetero) is 1. The van der Waals surface area contributed by atoms with Gasteiger partial charge in [0.2, 0.25) is 0 Å². The summed E-state index contributed by atoms with van der Waals surface area (Å²) in [5, 5.41) is 5.93. The summed E-state index contributed by atoms with van der Waals surface area (Å²) in [5.41, 5.74) is 14.8. The van der Waals surface area contributed by atoms with Gasteiger partial charge in [-0.2, -0.15) is 0 Å². The number of aromatic amines is 3. The van der Waals surface area contributed by atoms with Crippen LogP contribution in [-0.2, 0) is 6.42 Å². The number of fused-ring (bicyclic) bond motifs is 7. The van der Waals surface area contributed by atoms with Gasteiger partial charge in [0.05, 0.1) is 5.69 Å². The van der Waals surface area contributed by atoms with E-state index in [0.717, 1.165) is 63.0 Å². The van der Waals surface area contributed by atoms with Gasteiger partial charge in [-0.15, -0.1) is 0 Å². The van der Waals surface area contributed by atoms with Gasteiger partial charge in [-0.25, -0.2) is 0 Å². The molecule has 3 aliphatic rings. The van der Waals surface area contributed by atoms with E-state index in [1.807, 2.05) is 0 Å². The highest BCUT2D eigenvalue weighted by Gasteiger charge is 2.34. The molecule has 8 bridgehead atoms. The van der Waals surface area contributed by atoms with E-state index in [4.69, 9.17) is 0 Å². The molecule has 174 valence electrons. The maximum atomic E-state index is 13.1. The Morgan fingerprint density at radius 3 is 2.26 bits per heavy atom. The Morgan fingerprint density at radius 1 is 0.853 bits per heavy atom. The Hall–Kier alpha value is -3.47. The molecule has 1 fully saturated rings. The maximum absolute atomic E-state index is 13.1. The van der Waals surface area contributed by atoms with Crippen LogP contribution in [0.25, 0.3) is 23.8 Å². The van der Waals surface area contributed by atoms with Crippen molar-refractivity contribution >= 4 is 29.6 Å². The Kier molecular flexibility index (Phi) is 4.50. The van der Waals surface area contributed by atoms with Crippen LogP contribution in [0.2, 0.25) is 0 Å². The quantitative estimate of drug-likeness (QED) is 0.442. The van der Waals surface area contributed by atoms with E-state index < -0.39 is 0 Å². The molecule has 6 rings (SSSR count). The smallest absolute Gasteiger partial charge is 0.169 e. The number of carbonyl (C=O) groups is 1. The zero-order chi connectivity index (χ0) is 23.9. The normalized spacial score (nSPS) is 24.4. The molecule has 0 spiro atoms. The van der Waals surface area contributed by atoms with Gasteiger partial charge < -0.3 is 20.3 Å². The van der Waals surface area contributed by atoms with Crippen molar-refractivity contribution in [2.45, 2.75) is 60.8 Å². The number of H-pyrrole nitrogens is 3. The van der Waals surface area contributed by atoms with Crippen LogP contribution in [0, 0.1) is 33.6 Å². The molecule has 1 aliphatic carbocycles. The summed E-state index contributed by atoms with van der Waals surface area (Å²) in [5.74, 6) is 0.585. The van der Waals surface area contributed by atoms with E-state index in [-0.39, 0.29) is 5.78 Å². The number of hydrogen-bond acceptors (Lipinski definition) is 2. The number of allylic oxidation sites excluding steroid dienone is 3. The number of nitrogens with one attached hydrogen (secondary N) is 4. The highest BCUT2D eigenvalue weighted by atomic mass is 16.1. The summed E-state index contributed by atoms with van der Waals surface area (Å²) in [6, 6.07) is 0. The lowest BCUT2D eigenvalue weighted by molar-refractivity contribution is 0.100. The number of aromatic nitrogens is 3. The lowest BCUT2D eigenvalue weighted by Crippen LogP contribution is -2.13. The van der Waals surface area contributed by atoms with Crippen molar-refractivity contribution in [1.29, 1.82) is 0 Å². The highest BCUT2D eigenvalue weighted by Crippen LogP contribution is 2.41. The third-order valence-corrected chi connectivity index (χ3v) is 8.23. The molecule has 3 aromatic rings. The van der Waals surface area contributed by atoms with Gasteiger partial charge in [0.15, 0.2) is 5.78 Å². The minimum Gasteiger partial charge on any atom is -0.362 e. The molecule has 4 N–H and O–H groups in total. The molecule has 0 unspecified atom stereocenters. The van der Waals surface area contributed by atoms with Crippen LogP contribution < -0.4 is 16.0 Å². The summed E-state index contributed by atoms with van der Waals surface area (Å²) >= 11 is 0. The van der Waals surface area contributed by atoms with Crippen molar-refractivity contribution in [3.8, 4) is 0 Å². The summed E-state index contributed by atoms with van der Waals surface area (Å²) < 4.78 is 0.